The van der Waals surface area contributed by atoms with Crippen molar-refractivity contribution in [2.45, 2.75) is 19.8 Å². The Morgan fingerprint density at radius 3 is 2.77 bits per heavy atom. The van der Waals surface area contributed by atoms with Gasteiger partial charge in [-0.25, -0.2) is 15.0 Å². The van der Waals surface area contributed by atoms with Crippen LogP contribution in [0.25, 0.3) is 27.8 Å². The third-order valence-electron chi connectivity index (χ3n) is 4.22. The second-order valence-electron chi connectivity index (χ2n) is 5.90. The molecule has 4 aromatic rings. The lowest BCUT2D eigenvalue weighted by molar-refractivity contribution is 0.313. The van der Waals surface area contributed by atoms with Crippen molar-refractivity contribution in [2.24, 2.45) is 0 Å². The maximum absolute atomic E-state index is 6.14. The number of fused-ring (bicyclic) bond motifs is 3. The van der Waals surface area contributed by atoms with Gasteiger partial charge in [-0.3, -0.25) is 4.40 Å². The van der Waals surface area contributed by atoms with Crippen molar-refractivity contribution >= 4 is 34.7 Å². The van der Waals surface area contributed by atoms with Gasteiger partial charge < -0.3 is 15.5 Å². The molecule has 0 saturated heterocycles. The largest absolute Gasteiger partial charge is 0.493 e. The molecule has 0 unspecified atom stereocenters. The second kappa shape index (κ2) is 6.72. The number of unbranched alkanes of at least 4 members (excludes halogenated alkanes) is 1. The van der Waals surface area contributed by atoms with Crippen molar-refractivity contribution in [1.82, 2.24) is 24.3 Å². The predicted molar refractivity (Wildman–Crippen MR) is 104 cm³/mol. The number of aromatic nitrogens is 5. The Morgan fingerprint density at radius 2 is 1.96 bits per heavy atom. The lowest BCUT2D eigenvalue weighted by Gasteiger charge is -2.08. The lowest BCUT2D eigenvalue weighted by atomic mass is 10.1. The quantitative estimate of drug-likeness (QED) is 0.412. The smallest absolute Gasteiger partial charge is 0.206 e. The third-order valence-corrected chi connectivity index (χ3v) is 4.43. The highest BCUT2D eigenvalue weighted by atomic mass is 32.1. The minimum absolute atomic E-state index is 0.365. The number of nitrogen functional groups attached to an aromatic ring is 1. The minimum Gasteiger partial charge on any atom is -0.493 e. The molecule has 0 radical (unpaired) electrons. The highest BCUT2D eigenvalue weighted by molar-refractivity contribution is 7.71. The van der Waals surface area contributed by atoms with Crippen molar-refractivity contribution in [2.75, 3.05) is 12.3 Å². The van der Waals surface area contributed by atoms with Gasteiger partial charge in [0.2, 0.25) is 5.95 Å². The molecule has 26 heavy (non-hydrogen) atoms. The first-order chi connectivity index (χ1) is 12.7. The van der Waals surface area contributed by atoms with Gasteiger partial charge in [0.1, 0.15) is 5.75 Å². The zero-order valence-electron chi connectivity index (χ0n) is 14.3. The van der Waals surface area contributed by atoms with Crippen molar-refractivity contribution in [3.05, 3.63) is 41.6 Å². The summed E-state index contributed by atoms with van der Waals surface area (Å²) in [6.07, 6.45) is 7.13. The summed E-state index contributed by atoms with van der Waals surface area (Å²) in [5.41, 5.74) is 9.47. The molecule has 0 atom stereocenters. The molecule has 7 nitrogen and oxygen atoms in total. The molecule has 8 heteroatoms. The van der Waals surface area contributed by atoms with Crippen molar-refractivity contribution < 1.29 is 4.74 Å². The fourth-order valence-electron chi connectivity index (χ4n) is 3.06. The van der Waals surface area contributed by atoms with E-state index in [2.05, 4.69) is 26.9 Å². The topological polar surface area (TPSA) is 94.1 Å². The van der Waals surface area contributed by atoms with Crippen LogP contribution in [0, 0.1) is 4.77 Å². The number of rotatable bonds is 5. The molecule has 0 fully saturated rings. The molecule has 0 aromatic carbocycles. The van der Waals surface area contributed by atoms with Crippen LogP contribution in [-0.2, 0) is 0 Å². The first-order valence-corrected chi connectivity index (χ1v) is 8.83. The number of nitrogens with two attached hydrogens (primary N) is 1. The number of hydrogen-bond donors (Lipinski definition) is 2. The Morgan fingerprint density at radius 1 is 1.15 bits per heavy atom. The van der Waals surface area contributed by atoms with E-state index in [1.165, 1.54) is 0 Å². The molecule has 0 aliphatic rings. The van der Waals surface area contributed by atoms with E-state index in [-0.39, 0.29) is 0 Å². The SMILES string of the molecule is CCCCOc1ccnc2c1c(-c1ccnc(=S)[nH]1)c1ccnc(N)n12. The zero-order chi connectivity index (χ0) is 18.1. The van der Waals surface area contributed by atoms with E-state index < -0.39 is 0 Å². The van der Waals surface area contributed by atoms with E-state index in [0.717, 1.165) is 40.8 Å². The molecular formula is C18H18N6OS. The first kappa shape index (κ1) is 16.5. The average molecular weight is 366 g/mol. The van der Waals surface area contributed by atoms with Crippen LogP contribution in [0.2, 0.25) is 0 Å². The van der Waals surface area contributed by atoms with Crippen molar-refractivity contribution in [3.63, 3.8) is 0 Å². The number of nitrogens with zero attached hydrogens (tertiary/aromatic N) is 4. The monoisotopic (exact) mass is 366 g/mol. The molecule has 4 rings (SSSR count). The van der Waals surface area contributed by atoms with Gasteiger partial charge in [-0.2, -0.15) is 0 Å². The summed E-state index contributed by atoms with van der Waals surface area (Å²) in [4.78, 5) is 16.0. The number of pyridine rings is 1. The summed E-state index contributed by atoms with van der Waals surface area (Å²) in [6, 6.07) is 5.66. The summed E-state index contributed by atoms with van der Waals surface area (Å²) in [5, 5.41) is 0.875. The van der Waals surface area contributed by atoms with E-state index >= 15 is 0 Å². The van der Waals surface area contributed by atoms with Crippen LogP contribution in [0.5, 0.6) is 5.75 Å². The van der Waals surface area contributed by atoms with Gasteiger partial charge in [-0.15, -0.1) is 0 Å². The first-order valence-electron chi connectivity index (χ1n) is 8.42. The number of aromatic amines is 1. The van der Waals surface area contributed by atoms with Crippen LogP contribution in [0.3, 0.4) is 0 Å². The lowest BCUT2D eigenvalue weighted by Crippen LogP contribution is -2.00. The molecule has 4 heterocycles. The fourth-order valence-corrected chi connectivity index (χ4v) is 3.23. The third kappa shape index (κ3) is 2.68. The summed E-state index contributed by atoms with van der Waals surface area (Å²) >= 11 is 5.21. The van der Waals surface area contributed by atoms with Gasteiger partial charge in [-0.05, 0) is 36.8 Å². The molecule has 0 aliphatic carbocycles. The average Bonchev–Trinajstić information content (AvgIpc) is 2.98. The maximum atomic E-state index is 6.14. The number of ether oxygens (including phenoxy) is 1. The summed E-state index contributed by atoms with van der Waals surface area (Å²) in [6.45, 7) is 2.77. The molecule has 0 saturated carbocycles. The number of hydrogen-bond acceptors (Lipinski definition) is 6. The Labute approximate surface area is 154 Å². The van der Waals surface area contributed by atoms with Gasteiger partial charge in [0.25, 0.3) is 0 Å². The van der Waals surface area contributed by atoms with Crippen LogP contribution in [0.15, 0.2) is 36.8 Å². The number of nitrogens with one attached hydrogen (secondary N) is 1. The van der Waals surface area contributed by atoms with Crippen LogP contribution in [0.1, 0.15) is 19.8 Å². The molecule has 3 N–H and O–H groups in total. The van der Waals surface area contributed by atoms with Crippen LogP contribution in [0.4, 0.5) is 5.95 Å². The molecule has 0 spiro atoms. The van der Waals surface area contributed by atoms with Gasteiger partial charge in [0.05, 0.1) is 23.2 Å². The highest BCUT2D eigenvalue weighted by Crippen LogP contribution is 2.39. The van der Waals surface area contributed by atoms with Gasteiger partial charge in [0.15, 0.2) is 10.4 Å². The zero-order valence-corrected chi connectivity index (χ0v) is 15.1. The minimum atomic E-state index is 0.365. The van der Waals surface area contributed by atoms with Crippen LogP contribution >= 0.6 is 12.2 Å². The predicted octanol–water partition coefficient (Wildman–Crippen LogP) is 3.76. The van der Waals surface area contributed by atoms with Crippen LogP contribution in [-0.4, -0.2) is 30.9 Å². The van der Waals surface area contributed by atoms with Gasteiger partial charge >= 0.3 is 0 Å². The molecule has 0 aliphatic heterocycles. The fraction of sp³-hybridized carbons (Fsp3) is 0.222. The molecule has 0 amide bonds. The molecule has 0 bridgehead atoms. The van der Waals surface area contributed by atoms with E-state index in [1.54, 1.807) is 18.6 Å². The summed E-state index contributed by atoms with van der Waals surface area (Å²) in [7, 11) is 0. The molecule has 132 valence electrons. The summed E-state index contributed by atoms with van der Waals surface area (Å²) in [5.74, 6) is 1.13. The standard InChI is InChI=1S/C18H18N6OS/c1-2-3-10-25-13-6-9-20-16-15(13)14(11-4-7-22-18(26)23-11)12-5-8-21-17(19)24(12)16/h4-9H,2-3,10H2,1H3,(H2,19,21)(H,22,23,26). The number of H-pyrrole nitrogens is 1. The van der Waals surface area contributed by atoms with Gasteiger partial charge in [-0.1, -0.05) is 13.3 Å². The van der Waals surface area contributed by atoms with E-state index in [9.17, 15) is 0 Å². The van der Waals surface area contributed by atoms with E-state index in [0.29, 0.717) is 23.0 Å². The summed E-state index contributed by atoms with van der Waals surface area (Å²) < 4.78 is 8.29. The maximum Gasteiger partial charge on any atom is 0.206 e. The Kier molecular flexibility index (Phi) is 4.26. The Hall–Kier alpha value is -3.00. The van der Waals surface area contributed by atoms with E-state index in [4.69, 9.17) is 22.7 Å². The Balaban J connectivity index is 2.09. The van der Waals surface area contributed by atoms with Crippen molar-refractivity contribution in [1.29, 1.82) is 0 Å². The highest BCUT2D eigenvalue weighted by Gasteiger charge is 2.20. The van der Waals surface area contributed by atoms with E-state index in [1.807, 2.05) is 22.6 Å². The Bertz CT molecular complexity index is 1150. The number of anilines is 1. The second-order valence-corrected chi connectivity index (χ2v) is 6.28. The normalized spacial score (nSPS) is 11.3. The van der Waals surface area contributed by atoms with Crippen molar-refractivity contribution in [3.8, 4) is 17.0 Å². The van der Waals surface area contributed by atoms with Gasteiger partial charge in [0, 0.05) is 24.2 Å². The molecule has 4 aromatic heterocycles. The van der Waals surface area contributed by atoms with Crippen LogP contribution < -0.4 is 10.5 Å². The molecular weight excluding hydrogens is 348 g/mol.